The van der Waals surface area contributed by atoms with Crippen molar-refractivity contribution in [3.05, 3.63) is 59.9 Å². The lowest BCUT2D eigenvalue weighted by atomic mass is 10.1. The topological polar surface area (TPSA) is 79.9 Å². The minimum absolute atomic E-state index is 0.0956. The third-order valence-electron chi connectivity index (χ3n) is 4.62. The van der Waals surface area contributed by atoms with E-state index in [1.807, 2.05) is 29.7 Å². The Morgan fingerprint density at radius 3 is 3.04 bits per heavy atom. The maximum atomic E-state index is 12.6. The average molecular weight is 352 g/mol. The van der Waals surface area contributed by atoms with Gasteiger partial charge in [0, 0.05) is 31.5 Å². The first kappa shape index (κ1) is 16.4. The summed E-state index contributed by atoms with van der Waals surface area (Å²) >= 11 is 0. The summed E-state index contributed by atoms with van der Waals surface area (Å²) in [7, 11) is 0. The quantitative estimate of drug-likeness (QED) is 0.784. The number of piperidine rings is 1. The molecule has 1 atom stereocenters. The predicted molar refractivity (Wildman–Crippen MR) is 95.0 cm³/mol. The summed E-state index contributed by atoms with van der Waals surface area (Å²) in [5, 5.41) is 3.00. The van der Waals surface area contributed by atoms with Crippen molar-refractivity contribution >= 4 is 17.5 Å². The summed E-state index contributed by atoms with van der Waals surface area (Å²) in [5.41, 5.74) is 2.22. The van der Waals surface area contributed by atoms with Crippen LogP contribution in [0.15, 0.2) is 47.3 Å². The highest BCUT2D eigenvalue weighted by molar-refractivity contribution is 5.93. The second-order valence-electron chi connectivity index (χ2n) is 6.64. The Morgan fingerprint density at radius 1 is 1.35 bits per heavy atom. The summed E-state index contributed by atoms with van der Waals surface area (Å²) in [6, 6.07) is 7.16. The molecule has 1 aliphatic rings. The van der Waals surface area contributed by atoms with Gasteiger partial charge in [-0.05, 0) is 49.6 Å². The smallest absolute Gasteiger partial charge is 0.289 e. The number of hydrogen-bond acceptors (Lipinski definition) is 4. The highest BCUT2D eigenvalue weighted by Gasteiger charge is 2.27. The lowest BCUT2D eigenvalue weighted by molar-refractivity contribution is 0.0646. The van der Waals surface area contributed by atoms with Gasteiger partial charge in [-0.15, -0.1) is 0 Å². The number of imidazole rings is 1. The molecule has 0 spiro atoms. The number of rotatable bonds is 3. The van der Waals surface area contributed by atoms with E-state index >= 15 is 0 Å². The first-order valence-corrected chi connectivity index (χ1v) is 8.69. The number of furan rings is 1. The molecule has 0 bridgehead atoms. The number of aryl methyl sites for hydroxylation is 1. The summed E-state index contributed by atoms with van der Waals surface area (Å²) in [4.78, 5) is 31.1. The van der Waals surface area contributed by atoms with Gasteiger partial charge in [-0.25, -0.2) is 4.98 Å². The van der Waals surface area contributed by atoms with Crippen LogP contribution in [0.4, 0.5) is 0 Å². The monoisotopic (exact) mass is 352 g/mol. The number of likely N-dealkylation sites (tertiary alicyclic amines) is 1. The molecular formula is C19H20N4O3. The normalized spacial score (nSPS) is 17.4. The Morgan fingerprint density at radius 2 is 2.23 bits per heavy atom. The first-order chi connectivity index (χ1) is 12.6. The predicted octanol–water partition coefficient (Wildman–Crippen LogP) is 2.27. The average Bonchev–Trinajstić information content (AvgIpc) is 3.30. The van der Waals surface area contributed by atoms with Gasteiger partial charge in [-0.2, -0.15) is 0 Å². The summed E-state index contributed by atoms with van der Waals surface area (Å²) < 4.78 is 7.02. The van der Waals surface area contributed by atoms with E-state index in [2.05, 4.69) is 10.3 Å². The number of fused-ring (bicyclic) bond motifs is 1. The third kappa shape index (κ3) is 3.20. The first-order valence-electron chi connectivity index (χ1n) is 8.69. The molecule has 1 N–H and O–H groups in total. The summed E-state index contributed by atoms with van der Waals surface area (Å²) in [5.74, 6) is -0.0338. The minimum Gasteiger partial charge on any atom is -0.459 e. The van der Waals surface area contributed by atoms with Crippen LogP contribution in [0.1, 0.15) is 39.4 Å². The van der Waals surface area contributed by atoms with Gasteiger partial charge in [0.1, 0.15) is 11.3 Å². The Balaban J connectivity index is 1.44. The number of hydrogen-bond donors (Lipinski definition) is 1. The van der Waals surface area contributed by atoms with E-state index < -0.39 is 0 Å². The van der Waals surface area contributed by atoms with Crippen LogP contribution in [0.25, 0.3) is 5.65 Å². The van der Waals surface area contributed by atoms with Gasteiger partial charge in [0.2, 0.25) is 0 Å². The van der Waals surface area contributed by atoms with Crippen LogP contribution in [-0.2, 0) is 0 Å². The standard InChI is InChI=1S/C19H20N4O3/c1-13-6-8-22-12-15(21-17(22)10-13)18(24)20-14-4-2-7-23(11-14)19(25)16-5-3-9-26-16/h3,5-6,8-10,12,14H,2,4,7,11H2,1H3,(H,20,24)/t14-/m1/s1. The molecule has 1 fully saturated rings. The molecule has 1 aliphatic heterocycles. The van der Waals surface area contributed by atoms with Crippen LogP contribution in [0, 0.1) is 6.92 Å². The van der Waals surface area contributed by atoms with Crippen molar-refractivity contribution in [3.8, 4) is 0 Å². The lowest BCUT2D eigenvalue weighted by Crippen LogP contribution is -2.49. The molecule has 1 saturated heterocycles. The van der Waals surface area contributed by atoms with Gasteiger partial charge < -0.3 is 19.0 Å². The van der Waals surface area contributed by atoms with Crippen LogP contribution in [0.3, 0.4) is 0 Å². The maximum absolute atomic E-state index is 12.6. The number of nitrogens with one attached hydrogen (secondary N) is 1. The Bertz CT molecular complexity index is 945. The van der Waals surface area contributed by atoms with Crippen LogP contribution in [0.2, 0.25) is 0 Å². The van der Waals surface area contributed by atoms with E-state index in [0.717, 1.165) is 24.1 Å². The zero-order valence-corrected chi connectivity index (χ0v) is 14.5. The molecule has 4 heterocycles. The second kappa shape index (κ2) is 6.67. The van der Waals surface area contributed by atoms with Crippen molar-refractivity contribution in [1.82, 2.24) is 19.6 Å². The van der Waals surface area contributed by atoms with Gasteiger partial charge in [0.15, 0.2) is 5.76 Å². The van der Waals surface area contributed by atoms with E-state index in [0.29, 0.717) is 24.5 Å². The fraction of sp³-hybridized carbons (Fsp3) is 0.316. The molecule has 0 unspecified atom stereocenters. The lowest BCUT2D eigenvalue weighted by Gasteiger charge is -2.32. The Kier molecular flexibility index (Phi) is 4.20. The summed E-state index contributed by atoms with van der Waals surface area (Å²) in [6.45, 7) is 3.12. The van der Waals surface area contributed by atoms with Crippen molar-refractivity contribution in [2.45, 2.75) is 25.8 Å². The van der Waals surface area contributed by atoms with E-state index in [1.54, 1.807) is 23.2 Å². The minimum atomic E-state index is -0.219. The molecule has 2 amide bonds. The molecule has 3 aromatic heterocycles. The van der Waals surface area contributed by atoms with E-state index in [4.69, 9.17) is 4.42 Å². The molecule has 0 saturated carbocycles. The molecule has 7 nitrogen and oxygen atoms in total. The molecule has 134 valence electrons. The third-order valence-corrected chi connectivity index (χ3v) is 4.62. The molecule has 26 heavy (non-hydrogen) atoms. The zero-order valence-electron chi connectivity index (χ0n) is 14.5. The van der Waals surface area contributed by atoms with E-state index in [-0.39, 0.29) is 17.9 Å². The molecule has 3 aromatic rings. The van der Waals surface area contributed by atoms with Crippen molar-refractivity contribution in [2.75, 3.05) is 13.1 Å². The molecule has 7 heteroatoms. The van der Waals surface area contributed by atoms with Crippen LogP contribution in [-0.4, -0.2) is 45.2 Å². The molecule has 0 radical (unpaired) electrons. The van der Waals surface area contributed by atoms with Crippen molar-refractivity contribution in [1.29, 1.82) is 0 Å². The van der Waals surface area contributed by atoms with Gasteiger partial charge >= 0.3 is 0 Å². The number of nitrogens with zero attached hydrogens (tertiary/aromatic N) is 3. The number of carbonyl (C=O) groups is 2. The zero-order chi connectivity index (χ0) is 18.1. The Hall–Kier alpha value is -3.09. The van der Waals surface area contributed by atoms with E-state index in [1.165, 1.54) is 6.26 Å². The Labute approximate surface area is 150 Å². The van der Waals surface area contributed by atoms with Gasteiger partial charge in [-0.3, -0.25) is 9.59 Å². The van der Waals surface area contributed by atoms with Gasteiger partial charge in [0.25, 0.3) is 11.8 Å². The van der Waals surface area contributed by atoms with Crippen molar-refractivity contribution < 1.29 is 14.0 Å². The molecule has 0 aromatic carbocycles. The summed E-state index contributed by atoms with van der Waals surface area (Å²) in [6.07, 6.45) is 6.76. The molecule has 0 aliphatic carbocycles. The van der Waals surface area contributed by atoms with Crippen molar-refractivity contribution in [2.24, 2.45) is 0 Å². The maximum Gasteiger partial charge on any atom is 0.289 e. The second-order valence-corrected chi connectivity index (χ2v) is 6.64. The number of aromatic nitrogens is 2. The van der Waals surface area contributed by atoms with Crippen LogP contribution < -0.4 is 5.32 Å². The van der Waals surface area contributed by atoms with Crippen LogP contribution in [0.5, 0.6) is 0 Å². The SMILES string of the molecule is Cc1ccn2cc(C(=O)N[C@@H]3CCCN(C(=O)c4ccco4)C3)nc2c1. The number of amides is 2. The van der Waals surface area contributed by atoms with Gasteiger partial charge in [0.05, 0.1) is 6.26 Å². The number of carbonyl (C=O) groups excluding carboxylic acids is 2. The van der Waals surface area contributed by atoms with Crippen LogP contribution >= 0.6 is 0 Å². The van der Waals surface area contributed by atoms with Crippen molar-refractivity contribution in [3.63, 3.8) is 0 Å². The highest BCUT2D eigenvalue weighted by atomic mass is 16.3. The largest absolute Gasteiger partial charge is 0.459 e. The molecule has 4 rings (SSSR count). The van der Waals surface area contributed by atoms with E-state index in [9.17, 15) is 9.59 Å². The fourth-order valence-electron chi connectivity index (χ4n) is 3.29. The number of pyridine rings is 1. The fourth-order valence-corrected chi connectivity index (χ4v) is 3.29. The molecular weight excluding hydrogens is 332 g/mol. The highest BCUT2D eigenvalue weighted by Crippen LogP contribution is 2.15. The van der Waals surface area contributed by atoms with Gasteiger partial charge in [-0.1, -0.05) is 0 Å².